The summed E-state index contributed by atoms with van der Waals surface area (Å²) in [5.74, 6) is -0.957. The van der Waals surface area contributed by atoms with Gasteiger partial charge < -0.3 is 15.7 Å². The predicted octanol–water partition coefficient (Wildman–Crippen LogP) is 3.09. The quantitative estimate of drug-likeness (QED) is 0.791. The minimum Gasteiger partial charge on any atom is -0.481 e. The SMILES string of the molecule is O=C(O)C[C@@H](NC(=O)Nc1ccccc1)c1ccsc1. The van der Waals surface area contributed by atoms with E-state index in [2.05, 4.69) is 10.6 Å². The summed E-state index contributed by atoms with van der Waals surface area (Å²) in [7, 11) is 0. The first-order chi connectivity index (χ1) is 9.65. The summed E-state index contributed by atoms with van der Waals surface area (Å²) in [4.78, 5) is 22.8. The maximum Gasteiger partial charge on any atom is 0.319 e. The van der Waals surface area contributed by atoms with Crippen LogP contribution < -0.4 is 10.6 Å². The lowest BCUT2D eigenvalue weighted by Crippen LogP contribution is -2.33. The van der Waals surface area contributed by atoms with E-state index in [1.54, 1.807) is 18.2 Å². The Kier molecular flexibility index (Phi) is 4.73. The highest BCUT2D eigenvalue weighted by atomic mass is 32.1. The van der Waals surface area contributed by atoms with Crippen molar-refractivity contribution in [2.24, 2.45) is 0 Å². The van der Waals surface area contributed by atoms with E-state index >= 15 is 0 Å². The molecule has 2 rings (SSSR count). The Balaban J connectivity index is 2.00. The van der Waals surface area contributed by atoms with Crippen molar-refractivity contribution in [2.45, 2.75) is 12.5 Å². The van der Waals surface area contributed by atoms with Crippen LogP contribution >= 0.6 is 11.3 Å². The summed E-state index contributed by atoms with van der Waals surface area (Å²) in [6.07, 6.45) is -0.154. The summed E-state index contributed by atoms with van der Waals surface area (Å²) in [5, 5.41) is 17.9. The molecule has 0 aliphatic rings. The van der Waals surface area contributed by atoms with Crippen molar-refractivity contribution < 1.29 is 14.7 Å². The van der Waals surface area contributed by atoms with E-state index in [0.29, 0.717) is 5.69 Å². The molecular weight excluding hydrogens is 276 g/mol. The molecule has 6 heteroatoms. The van der Waals surface area contributed by atoms with E-state index in [9.17, 15) is 9.59 Å². The molecule has 0 aliphatic heterocycles. The Hall–Kier alpha value is -2.34. The van der Waals surface area contributed by atoms with Gasteiger partial charge in [0.2, 0.25) is 0 Å². The molecule has 0 saturated carbocycles. The fourth-order valence-corrected chi connectivity index (χ4v) is 2.46. The summed E-state index contributed by atoms with van der Waals surface area (Å²) in [5.41, 5.74) is 1.45. The average Bonchev–Trinajstić information content (AvgIpc) is 2.92. The highest BCUT2D eigenvalue weighted by Crippen LogP contribution is 2.20. The lowest BCUT2D eigenvalue weighted by molar-refractivity contribution is -0.137. The molecule has 20 heavy (non-hydrogen) atoms. The van der Waals surface area contributed by atoms with Crippen molar-refractivity contribution in [2.75, 3.05) is 5.32 Å². The zero-order valence-electron chi connectivity index (χ0n) is 10.6. The van der Waals surface area contributed by atoms with Crippen molar-refractivity contribution in [1.82, 2.24) is 5.32 Å². The zero-order chi connectivity index (χ0) is 14.4. The summed E-state index contributed by atoms with van der Waals surface area (Å²) < 4.78 is 0. The maximum atomic E-state index is 11.9. The minimum absolute atomic E-state index is 0.154. The van der Waals surface area contributed by atoms with Gasteiger partial charge in [0.25, 0.3) is 0 Å². The van der Waals surface area contributed by atoms with Gasteiger partial charge in [0.1, 0.15) is 0 Å². The first kappa shape index (κ1) is 14.1. The molecule has 2 amide bonds. The first-order valence-corrected chi connectivity index (χ1v) is 6.96. The molecule has 0 fully saturated rings. The molecule has 1 heterocycles. The van der Waals surface area contributed by atoms with E-state index < -0.39 is 18.0 Å². The number of rotatable bonds is 5. The number of carboxylic acid groups (broad SMARTS) is 1. The minimum atomic E-state index is -0.957. The maximum absolute atomic E-state index is 11.9. The van der Waals surface area contributed by atoms with E-state index in [0.717, 1.165) is 5.56 Å². The number of carbonyl (C=O) groups is 2. The first-order valence-electron chi connectivity index (χ1n) is 6.01. The van der Waals surface area contributed by atoms with Crippen LogP contribution in [0.25, 0.3) is 0 Å². The highest BCUT2D eigenvalue weighted by molar-refractivity contribution is 7.08. The van der Waals surface area contributed by atoms with Crippen molar-refractivity contribution in [3.05, 3.63) is 52.7 Å². The van der Waals surface area contributed by atoms with Crippen LogP contribution in [-0.2, 0) is 4.79 Å². The number of aliphatic carboxylic acids is 1. The topological polar surface area (TPSA) is 78.4 Å². The summed E-state index contributed by atoms with van der Waals surface area (Å²) in [6, 6.07) is 9.83. The molecule has 0 radical (unpaired) electrons. The third kappa shape index (κ3) is 4.10. The van der Waals surface area contributed by atoms with Gasteiger partial charge in [0.05, 0.1) is 12.5 Å². The second-order valence-corrected chi connectivity index (χ2v) is 4.95. The van der Waals surface area contributed by atoms with Crippen LogP contribution in [0.2, 0.25) is 0 Å². The third-order valence-electron chi connectivity index (χ3n) is 2.66. The van der Waals surface area contributed by atoms with Crippen molar-refractivity contribution in [3.63, 3.8) is 0 Å². The second kappa shape index (κ2) is 6.72. The molecule has 1 atom stereocenters. The highest BCUT2D eigenvalue weighted by Gasteiger charge is 2.18. The zero-order valence-corrected chi connectivity index (χ0v) is 11.4. The molecule has 0 aliphatic carbocycles. The van der Waals surface area contributed by atoms with Gasteiger partial charge in [-0.1, -0.05) is 18.2 Å². The predicted molar refractivity (Wildman–Crippen MR) is 77.9 cm³/mol. The van der Waals surface area contributed by atoms with Gasteiger partial charge in [-0.25, -0.2) is 4.79 Å². The lowest BCUT2D eigenvalue weighted by Gasteiger charge is -2.16. The van der Waals surface area contributed by atoms with Gasteiger partial charge >= 0.3 is 12.0 Å². The van der Waals surface area contributed by atoms with Gasteiger partial charge in [0, 0.05) is 5.69 Å². The molecule has 0 saturated heterocycles. The molecule has 2 aromatic rings. The van der Waals surface area contributed by atoms with Crippen molar-refractivity contribution in [3.8, 4) is 0 Å². The van der Waals surface area contributed by atoms with Crippen LogP contribution in [0.5, 0.6) is 0 Å². The Morgan fingerprint density at radius 2 is 1.95 bits per heavy atom. The van der Waals surface area contributed by atoms with Crippen LogP contribution in [0.4, 0.5) is 10.5 Å². The second-order valence-electron chi connectivity index (χ2n) is 4.17. The number of carboxylic acids is 1. The van der Waals surface area contributed by atoms with Crippen molar-refractivity contribution >= 4 is 29.0 Å². The van der Waals surface area contributed by atoms with Crippen molar-refractivity contribution in [1.29, 1.82) is 0 Å². The largest absolute Gasteiger partial charge is 0.481 e. The summed E-state index contributed by atoms with van der Waals surface area (Å²) in [6.45, 7) is 0. The Morgan fingerprint density at radius 1 is 1.20 bits per heavy atom. The number of urea groups is 1. The number of amides is 2. The molecule has 0 bridgehead atoms. The van der Waals surface area contributed by atoms with E-state index in [1.807, 2.05) is 29.0 Å². The average molecular weight is 290 g/mol. The molecule has 0 unspecified atom stereocenters. The number of para-hydroxylation sites is 1. The molecule has 0 spiro atoms. The van der Waals surface area contributed by atoms with Gasteiger partial charge in [0.15, 0.2) is 0 Å². The number of benzene rings is 1. The van der Waals surface area contributed by atoms with Gasteiger partial charge in [-0.2, -0.15) is 11.3 Å². The number of anilines is 1. The summed E-state index contributed by atoms with van der Waals surface area (Å²) >= 11 is 1.46. The molecule has 1 aromatic carbocycles. The monoisotopic (exact) mass is 290 g/mol. The Labute approximate surface area is 120 Å². The molecule has 3 N–H and O–H groups in total. The number of thiophene rings is 1. The third-order valence-corrected chi connectivity index (χ3v) is 3.36. The van der Waals surface area contributed by atoms with Crippen LogP contribution in [0.15, 0.2) is 47.2 Å². The molecule has 104 valence electrons. The van der Waals surface area contributed by atoms with Gasteiger partial charge in [-0.05, 0) is 34.5 Å². The lowest BCUT2D eigenvalue weighted by atomic mass is 10.1. The number of carbonyl (C=O) groups excluding carboxylic acids is 1. The normalized spacial score (nSPS) is 11.6. The number of hydrogen-bond acceptors (Lipinski definition) is 3. The smallest absolute Gasteiger partial charge is 0.319 e. The molecule has 1 aromatic heterocycles. The van der Waals surface area contributed by atoms with E-state index in [1.165, 1.54) is 11.3 Å². The Bertz CT molecular complexity index is 569. The molecule has 5 nitrogen and oxygen atoms in total. The standard InChI is InChI=1S/C14H14N2O3S/c17-13(18)8-12(10-6-7-20-9-10)16-14(19)15-11-4-2-1-3-5-11/h1-7,9,12H,8H2,(H,17,18)(H2,15,16,19)/t12-/m1/s1. The van der Waals surface area contributed by atoms with Crippen LogP contribution in [-0.4, -0.2) is 17.1 Å². The van der Waals surface area contributed by atoms with E-state index in [-0.39, 0.29) is 6.42 Å². The number of nitrogens with one attached hydrogen (secondary N) is 2. The fraction of sp³-hybridized carbons (Fsp3) is 0.143. The van der Waals surface area contributed by atoms with E-state index in [4.69, 9.17) is 5.11 Å². The Morgan fingerprint density at radius 3 is 2.55 bits per heavy atom. The van der Waals surface area contributed by atoms with Gasteiger partial charge in [-0.3, -0.25) is 4.79 Å². The number of hydrogen-bond donors (Lipinski definition) is 3. The van der Waals surface area contributed by atoms with Crippen LogP contribution in [0, 0.1) is 0 Å². The van der Waals surface area contributed by atoms with Gasteiger partial charge in [-0.15, -0.1) is 0 Å². The molecular formula is C14H14N2O3S. The van der Waals surface area contributed by atoms with Crippen LogP contribution in [0.3, 0.4) is 0 Å². The van der Waals surface area contributed by atoms with Crippen LogP contribution in [0.1, 0.15) is 18.0 Å². The fourth-order valence-electron chi connectivity index (χ4n) is 1.75.